The van der Waals surface area contributed by atoms with Crippen molar-refractivity contribution < 1.29 is 19.2 Å². The van der Waals surface area contributed by atoms with Crippen LogP contribution >= 0.6 is 11.8 Å². The molecule has 0 radical (unpaired) electrons. The molecule has 0 aliphatic carbocycles. The maximum atomic E-state index is 12.8. The minimum Gasteiger partial charge on any atom is -0.376 e. The molecule has 0 saturated carbocycles. The van der Waals surface area contributed by atoms with Gasteiger partial charge in [0.1, 0.15) is 12.4 Å². The van der Waals surface area contributed by atoms with Crippen LogP contribution in [0, 0.1) is 17.0 Å². The predicted molar refractivity (Wildman–Crippen MR) is 115 cm³/mol. The molecule has 31 heavy (non-hydrogen) atoms. The molecular weight excluding hydrogens is 422 g/mol. The highest BCUT2D eigenvalue weighted by molar-refractivity contribution is 7.98. The molecule has 1 saturated heterocycles. The Kier molecular flexibility index (Phi) is 6.23. The van der Waals surface area contributed by atoms with Crippen molar-refractivity contribution in [3.05, 3.63) is 50.7 Å². The SMILES string of the molecule is Cc1ccc(C(=O)Nc2c3c(nn2CC(=O)NCC2CCCO2)CSC3)cc1[N+](=O)[O-]. The zero-order valence-electron chi connectivity index (χ0n) is 17.1. The van der Waals surface area contributed by atoms with E-state index in [1.807, 2.05) is 0 Å². The Balaban J connectivity index is 1.50. The lowest BCUT2D eigenvalue weighted by Gasteiger charge is -2.13. The molecule has 2 aromatic rings. The lowest BCUT2D eigenvalue weighted by molar-refractivity contribution is -0.385. The summed E-state index contributed by atoms with van der Waals surface area (Å²) in [5.41, 5.74) is 2.25. The Morgan fingerprint density at radius 3 is 2.97 bits per heavy atom. The van der Waals surface area contributed by atoms with Crippen molar-refractivity contribution in [2.24, 2.45) is 0 Å². The molecule has 4 rings (SSSR count). The number of ether oxygens (including phenoxy) is 1. The molecule has 0 spiro atoms. The number of hydrogen-bond acceptors (Lipinski definition) is 7. The number of carbonyl (C=O) groups is 2. The van der Waals surface area contributed by atoms with Crippen LogP contribution in [0.1, 0.15) is 40.0 Å². The number of aryl methyl sites for hydroxylation is 1. The third kappa shape index (κ3) is 4.72. The summed E-state index contributed by atoms with van der Waals surface area (Å²) in [5.74, 6) is 1.14. The van der Waals surface area contributed by atoms with Gasteiger partial charge in [-0.25, -0.2) is 4.68 Å². The van der Waals surface area contributed by atoms with Crippen LogP contribution in [0.15, 0.2) is 18.2 Å². The van der Waals surface area contributed by atoms with Gasteiger partial charge in [0.2, 0.25) is 5.91 Å². The molecule has 1 unspecified atom stereocenters. The van der Waals surface area contributed by atoms with Crippen molar-refractivity contribution in [3.8, 4) is 0 Å². The molecule has 2 N–H and O–H groups in total. The number of nitro benzene ring substituents is 1. The first kappa shape index (κ1) is 21.3. The number of hydrogen-bond donors (Lipinski definition) is 2. The first-order valence-electron chi connectivity index (χ1n) is 10.0. The van der Waals surface area contributed by atoms with Crippen LogP contribution in [-0.4, -0.2) is 45.8 Å². The second kappa shape index (κ2) is 9.06. The fourth-order valence-corrected chi connectivity index (χ4v) is 4.71. The molecule has 1 fully saturated rings. The molecule has 11 heteroatoms. The first-order valence-corrected chi connectivity index (χ1v) is 11.2. The molecular formula is C20H23N5O5S. The van der Waals surface area contributed by atoms with E-state index in [1.54, 1.807) is 30.8 Å². The molecule has 2 aliphatic heterocycles. The molecule has 0 bridgehead atoms. The van der Waals surface area contributed by atoms with Crippen LogP contribution in [0.2, 0.25) is 0 Å². The van der Waals surface area contributed by atoms with E-state index in [1.165, 1.54) is 10.7 Å². The van der Waals surface area contributed by atoms with Gasteiger partial charge in [-0.1, -0.05) is 6.07 Å². The van der Waals surface area contributed by atoms with Crippen LogP contribution in [0.25, 0.3) is 0 Å². The maximum Gasteiger partial charge on any atom is 0.273 e. The number of amides is 2. The topological polar surface area (TPSA) is 128 Å². The molecule has 1 aromatic heterocycles. The number of benzene rings is 1. The van der Waals surface area contributed by atoms with Crippen molar-refractivity contribution in [3.63, 3.8) is 0 Å². The maximum absolute atomic E-state index is 12.8. The largest absolute Gasteiger partial charge is 0.376 e. The Morgan fingerprint density at radius 1 is 1.39 bits per heavy atom. The minimum atomic E-state index is -0.511. The van der Waals surface area contributed by atoms with Crippen molar-refractivity contribution in [2.75, 3.05) is 18.5 Å². The Bertz CT molecular complexity index is 1030. The summed E-state index contributed by atoms with van der Waals surface area (Å²) < 4.78 is 7.01. The van der Waals surface area contributed by atoms with Crippen molar-refractivity contribution in [1.29, 1.82) is 0 Å². The van der Waals surface area contributed by atoms with Gasteiger partial charge in [-0.15, -0.1) is 0 Å². The van der Waals surface area contributed by atoms with Crippen LogP contribution < -0.4 is 10.6 Å². The molecule has 2 amide bonds. The average molecular weight is 446 g/mol. The molecule has 1 aromatic carbocycles. The first-order chi connectivity index (χ1) is 14.9. The van der Waals surface area contributed by atoms with Crippen LogP contribution in [0.3, 0.4) is 0 Å². The highest BCUT2D eigenvalue weighted by Crippen LogP contribution is 2.35. The number of fused-ring (bicyclic) bond motifs is 1. The van der Waals surface area contributed by atoms with E-state index >= 15 is 0 Å². The van der Waals surface area contributed by atoms with Crippen molar-refractivity contribution in [2.45, 2.75) is 43.9 Å². The Morgan fingerprint density at radius 2 is 2.23 bits per heavy atom. The number of nitro groups is 1. The predicted octanol–water partition coefficient (Wildman–Crippen LogP) is 2.39. The fourth-order valence-electron chi connectivity index (χ4n) is 3.67. The van der Waals surface area contributed by atoms with Gasteiger partial charge in [-0.3, -0.25) is 19.7 Å². The van der Waals surface area contributed by atoms with Crippen LogP contribution in [0.5, 0.6) is 0 Å². The van der Waals surface area contributed by atoms with Gasteiger partial charge in [0.15, 0.2) is 0 Å². The summed E-state index contributed by atoms with van der Waals surface area (Å²) in [4.78, 5) is 36.0. The molecule has 1 atom stereocenters. The number of thioether (sulfide) groups is 1. The van der Waals surface area contributed by atoms with E-state index in [4.69, 9.17) is 4.74 Å². The van der Waals surface area contributed by atoms with Gasteiger partial charge in [-0.05, 0) is 25.8 Å². The second-order valence-corrected chi connectivity index (χ2v) is 8.56. The monoisotopic (exact) mass is 445 g/mol. The van der Waals surface area contributed by atoms with E-state index in [-0.39, 0.29) is 29.8 Å². The zero-order valence-corrected chi connectivity index (χ0v) is 17.9. The quantitative estimate of drug-likeness (QED) is 0.495. The summed E-state index contributed by atoms with van der Waals surface area (Å²) in [7, 11) is 0. The van der Waals surface area contributed by atoms with E-state index in [2.05, 4.69) is 15.7 Å². The summed E-state index contributed by atoms with van der Waals surface area (Å²) in [5, 5.41) is 21.4. The lowest BCUT2D eigenvalue weighted by atomic mass is 10.1. The zero-order chi connectivity index (χ0) is 22.0. The third-order valence-electron chi connectivity index (χ3n) is 5.36. The summed E-state index contributed by atoms with van der Waals surface area (Å²) in [6, 6.07) is 4.35. The van der Waals surface area contributed by atoms with Gasteiger partial charge in [0, 0.05) is 47.4 Å². The van der Waals surface area contributed by atoms with Gasteiger partial charge in [-0.2, -0.15) is 16.9 Å². The third-order valence-corrected chi connectivity index (χ3v) is 6.33. The fraction of sp³-hybridized carbons (Fsp3) is 0.450. The number of nitrogens with zero attached hydrogens (tertiary/aromatic N) is 3. The minimum absolute atomic E-state index is 0.0337. The standard InChI is InChI=1S/C20H23N5O5S/c1-12-4-5-13(7-17(12)25(28)29)20(27)22-19-15-10-31-11-16(15)23-24(19)9-18(26)21-8-14-3-2-6-30-14/h4-5,7,14H,2-3,6,8-11H2,1H3,(H,21,26)(H,22,27). The number of nitrogens with one attached hydrogen (secondary N) is 2. The summed E-state index contributed by atoms with van der Waals surface area (Å²) in [6.45, 7) is 2.75. The number of rotatable bonds is 7. The highest BCUT2D eigenvalue weighted by Gasteiger charge is 2.26. The average Bonchev–Trinajstić information content (AvgIpc) is 3.46. The Hall–Kier alpha value is -2.92. The van der Waals surface area contributed by atoms with E-state index < -0.39 is 10.8 Å². The van der Waals surface area contributed by atoms with E-state index in [9.17, 15) is 19.7 Å². The molecule has 164 valence electrons. The molecule has 10 nitrogen and oxygen atoms in total. The van der Waals surface area contributed by atoms with Crippen molar-refractivity contribution >= 4 is 35.1 Å². The molecule has 3 heterocycles. The van der Waals surface area contributed by atoms with Gasteiger partial charge in [0.25, 0.3) is 11.6 Å². The second-order valence-electron chi connectivity index (χ2n) is 7.58. The normalized spacial score (nSPS) is 17.4. The van der Waals surface area contributed by atoms with Crippen molar-refractivity contribution in [1.82, 2.24) is 15.1 Å². The van der Waals surface area contributed by atoms with Gasteiger partial charge in [0.05, 0.1) is 16.7 Å². The summed E-state index contributed by atoms with van der Waals surface area (Å²) in [6.07, 6.45) is 1.97. The lowest BCUT2D eigenvalue weighted by Crippen LogP contribution is -2.34. The highest BCUT2D eigenvalue weighted by atomic mass is 32.2. The smallest absolute Gasteiger partial charge is 0.273 e. The van der Waals surface area contributed by atoms with E-state index in [0.717, 1.165) is 30.7 Å². The number of anilines is 1. The molecule has 2 aliphatic rings. The Labute approximate surface area is 182 Å². The van der Waals surface area contributed by atoms with Gasteiger partial charge >= 0.3 is 0 Å². The van der Waals surface area contributed by atoms with Gasteiger partial charge < -0.3 is 15.4 Å². The van der Waals surface area contributed by atoms with Crippen LogP contribution in [0.4, 0.5) is 11.5 Å². The van der Waals surface area contributed by atoms with Crippen LogP contribution in [-0.2, 0) is 27.6 Å². The summed E-state index contributed by atoms with van der Waals surface area (Å²) >= 11 is 1.68. The van der Waals surface area contributed by atoms with E-state index in [0.29, 0.717) is 29.4 Å². The number of carbonyl (C=O) groups excluding carboxylic acids is 2. The number of aromatic nitrogens is 2.